The third-order valence-electron chi connectivity index (χ3n) is 5.34. The predicted molar refractivity (Wildman–Crippen MR) is 74.4 cm³/mol. The zero-order valence-electron chi connectivity index (χ0n) is 11.7. The average molecular weight is 262 g/mol. The summed E-state index contributed by atoms with van der Waals surface area (Å²) < 4.78 is 13.3. The Hall–Kier alpha value is -0.890. The number of rotatable bonds is 2. The molecule has 0 heterocycles. The Kier molecular flexibility index (Phi) is 3.38. The Morgan fingerprint density at radius 2 is 2.21 bits per heavy atom. The molecule has 0 saturated heterocycles. The number of aryl methyl sites for hydroxylation is 1. The van der Waals surface area contributed by atoms with Gasteiger partial charge in [-0.15, -0.1) is 0 Å². The third-order valence-corrected chi connectivity index (χ3v) is 5.34. The molecular weight excluding hydrogens is 239 g/mol. The van der Waals surface area contributed by atoms with Crippen molar-refractivity contribution in [2.75, 3.05) is 0 Å². The van der Waals surface area contributed by atoms with E-state index in [9.17, 15) is 9.50 Å². The maximum absolute atomic E-state index is 13.3. The molecule has 3 unspecified atom stereocenters. The number of hydrogen-bond donors (Lipinski definition) is 1. The highest BCUT2D eigenvalue weighted by Crippen LogP contribution is 2.48. The molecule has 1 fully saturated rings. The molecule has 2 heteroatoms. The van der Waals surface area contributed by atoms with Crippen LogP contribution >= 0.6 is 0 Å². The molecule has 0 aromatic heterocycles. The van der Waals surface area contributed by atoms with Gasteiger partial charge in [0.2, 0.25) is 0 Å². The molecule has 0 spiro atoms. The maximum atomic E-state index is 13.3. The monoisotopic (exact) mass is 262 g/mol. The van der Waals surface area contributed by atoms with Gasteiger partial charge in [-0.3, -0.25) is 0 Å². The molecule has 2 aliphatic rings. The lowest BCUT2D eigenvalue weighted by Gasteiger charge is -2.39. The molecule has 19 heavy (non-hydrogen) atoms. The molecule has 2 aliphatic carbocycles. The molecule has 104 valence electrons. The van der Waals surface area contributed by atoms with Crippen molar-refractivity contribution in [3.05, 3.63) is 35.1 Å². The number of halogens is 1. The molecule has 0 bridgehead atoms. The van der Waals surface area contributed by atoms with E-state index in [0.717, 1.165) is 42.7 Å². The Bertz CT molecular complexity index is 470. The molecular formula is C17H23FO. The SMILES string of the molecule is CCC1CCCC(C2(O)CCc3cc(F)ccc32)C1. The number of fused-ring (bicyclic) bond motifs is 1. The van der Waals surface area contributed by atoms with Gasteiger partial charge < -0.3 is 5.11 Å². The van der Waals surface area contributed by atoms with Gasteiger partial charge in [-0.05, 0) is 60.8 Å². The zero-order chi connectivity index (χ0) is 13.5. The molecule has 1 aromatic rings. The first-order valence-electron chi connectivity index (χ1n) is 7.64. The average Bonchev–Trinajstić information content (AvgIpc) is 2.77. The molecule has 1 aromatic carbocycles. The molecule has 0 radical (unpaired) electrons. The van der Waals surface area contributed by atoms with E-state index in [1.165, 1.54) is 25.3 Å². The minimum atomic E-state index is -0.698. The van der Waals surface area contributed by atoms with Crippen molar-refractivity contribution in [1.82, 2.24) is 0 Å². The van der Waals surface area contributed by atoms with Gasteiger partial charge in [0.15, 0.2) is 0 Å². The van der Waals surface area contributed by atoms with Crippen molar-refractivity contribution in [2.45, 2.75) is 57.5 Å². The van der Waals surface area contributed by atoms with Crippen LogP contribution in [0.1, 0.15) is 56.6 Å². The molecule has 0 aliphatic heterocycles. The Labute approximate surface area is 114 Å². The second kappa shape index (κ2) is 4.90. The van der Waals surface area contributed by atoms with Crippen LogP contribution in [0, 0.1) is 17.7 Å². The Morgan fingerprint density at radius 3 is 3.00 bits per heavy atom. The Balaban J connectivity index is 1.89. The fourth-order valence-corrected chi connectivity index (χ4v) is 4.17. The number of hydrogen-bond acceptors (Lipinski definition) is 1. The smallest absolute Gasteiger partial charge is 0.123 e. The molecule has 1 N–H and O–H groups in total. The summed E-state index contributed by atoms with van der Waals surface area (Å²) in [6.45, 7) is 2.25. The number of benzene rings is 1. The highest BCUT2D eigenvalue weighted by atomic mass is 19.1. The van der Waals surface area contributed by atoms with Crippen LogP contribution in [-0.4, -0.2) is 5.11 Å². The second-order valence-electron chi connectivity index (χ2n) is 6.36. The van der Waals surface area contributed by atoms with Crippen LogP contribution in [0.5, 0.6) is 0 Å². The number of aliphatic hydroxyl groups is 1. The van der Waals surface area contributed by atoms with Crippen molar-refractivity contribution >= 4 is 0 Å². The van der Waals surface area contributed by atoms with E-state index in [1.807, 2.05) is 6.07 Å². The molecule has 1 saturated carbocycles. The predicted octanol–water partition coefficient (Wildman–Crippen LogP) is 4.18. The van der Waals surface area contributed by atoms with Crippen LogP contribution in [0.15, 0.2) is 18.2 Å². The first-order valence-corrected chi connectivity index (χ1v) is 7.64. The summed E-state index contributed by atoms with van der Waals surface area (Å²) in [6.07, 6.45) is 7.57. The fraction of sp³-hybridized carbons (Fsp3) is 0.647. The molecule has 1 nitrogen and oxygen atoms in total. The van der Waals surface area contributed by atoms with Crippen LogP contribution in [0.4, 0.5) is 4.39 Å². The van der Waals surface area contributed by atoms with Crippen LogP contribution in [-0.2, 0) is 12.0 Å². The van der Waals surface area contributed by atoms with Gasteiger partial charge in [0.1, 0.15) is 5.82 Å². The van der Waals surface area contributed by atoms with E-state index in [4.69, 9.17) is 0 Å². The van der Waals surface area contributed by atoms with Crippen molar-refractivity contribution < 1.29 is 9.50 Å². The third kappa shape index (κ3) is 2.20. The molecule has 0 amide bonds. The van der Waals surface area contributed by atoms with Crippen molar-refractivity contribution in [3.8, 4) is 0 Å². The van der Waals surface area contributed by atoms with Crippen LogP contribution in [0.3, 0.4) is 0 Å². The van der Waals surface area contributed by atoms with E-state index in [2.05, 4.69) is 6.92 Å². The summed E-state index contributed by atoms with van der Waals surface area (Å²) in [5, 5.41) is 11.1. The normalized spacial score (nSPS) is 34.3. The fourth-order valence-electron chi connectivity index (χ4n) is 4.17. The van der Waals surface area contributed by atoms with Crippen molar-refractivity contribution in [3.63, 3.8) is 0 Å². The lowest BCUT2D eigenvalue weighted by atomic mass is 9.70. The van der Waals surface area contributed by atoms with Crippen LogP contribution in [0.2, 0.25) is 0 Å². The van der Waals surface area contributed by atoms with E-state index >= 15 is 0 Å². The van der Waals surface area contributed by atoms with Crippen LogP contribution < -0.4 is 0 Å². The van der Waals surface area contributed by atoms with E-state index in [-0.39, 0.29) is 5.82 Å². The summed E-state index contributed by atoms with van der Waals surface area (Å²) in [4.78, 5) is 0. The summed E-state index contributed by atoms with van der Waals surface area (Å²) in [5.41, 5.74) is 1.31. The van der Waals surface area contributed by atoms with Gasteiger partial charge >= 0.3 is 0 Å². The Morgan fingerprint density at radius 1 is 1.37 bits per heavy atom. The standard InChI is InChI=1S/C17H23FO/c1-2-12-4-3-5-14(10-12)17(19)9-8-13-11-15(18)6-7-16(13)17/h6-7,11-12,14,19H,2-5,8-10H2,1H3. The van der Waals surface area contributed by atoms with Crippen LogP contribution in [0.25, 0.3) is 0 Å². The van der Waals surface area contributed by atoms with Crippen molar-refractivity contribution in [1.29, 1.82) is 0 Å². The lowest BCUT2D eigenvalue weighted by molar-refractivity contribution is -0.0458. The van der Waals surface area contributed by atoms with Crippen molar-refractivity contribution in [2.24, 2.45) is 11.8 Å². The molecule has 3 rings (SSSR count). The van der Waals surface area contributed by atoms with Gasteiger partial charge in [0.05, 0.1) is 5.60 Å². The largest absolute Gasteiger partial charge is 0.385 e. The maximum Gasteiger partial charge on any atom is 0.123 e. The lowest BCUT2D eigenvalue weighted by Crippen LogP contribution is -2.36. The quantitative estimate of drug-likeness (QED) is 0.848. The van der Waals surface area contributed by atoms with Gasteiger partial charge in [-0.2, -0.15) is 0 Å². The minimum Gasteiger partial charge on any atom is -0.385 e. The van der Waals surface area contributed by atoms with E-state index in [0.29, 0.717) is 5.92 Å². The summed E-state index contributed by atoms with van der Waals surface area (Å²) >= 11 is 0. The van der Waals surface area contributed by atoms with Gasteiger partial charge in [-0.1, -0.05) is 32.3 Å². The van der Waals surface area contributed by atoms with Gasteiger partial charge in [0.25, 0.3) is 0 Å². The first kappa shape index (κ1) is 13.1. The second-order valence-corrected chi connectivity index (χ2v) is 6.36. The minimum absolute atomic E-state index is 0.182. The highest BCUT2D eigenvalue weighted by Gasteiger charge is 2.44. The topological polar surface area (TPSA) is 20.2 Å². The zero-order valence-corrected chi connectivity index (χ0v) is 11.7. The highest BCUT2D eigenvalue weighted by molar-refractivity contribution is 5.38. The summed E-state index contributed by atoms with van der Waals surface area (Å²) in [5.74, 6) is 0.934. The van der Waals surface area contributed by atoms with E-state index < -0.39 is 5.60 Å². The van der Waals surface area contributed by atoms with Gasteiger partial charge in [0, 0.05) is 0 Å². The van der Waals surface area contributed by atoms with Gasteiger partial charge in [-0.25, -0.2) is 4.39 Å². The summed E-state index contributed by atoms with van der Waals surface area (Å²) in [6, 6.07) is 4.91. The first-order chi connectivity index (χ1) is 9.13. The van der Waals surface area contributed by atoms with E-state index in [1.54, 1.807) is 6.07 Å². The summed E-state index contributed by atoms with van der Waals surface area (Å²) in [7, 11) is 0. The molecule has 3 atom stereocenters.